The summed E-state index contributed by atoms with van der Waals surface area (Å²) in [5, 5.41) is 10.9. The first-order valence-electron chi connectivity index (χ1n) is 6.52. The average Bonchev–Trinajstić information content (AvgIpc) is 2.45. The van der Waals surface area contributed by atoms with E-state index in [1.54, 1.807) is 0 Å². The van der Waals surface area contributed by atoms with E-state index in [1.165, 1.54) is 13.0 Å². The number of ether oxygens (including phenoxy) is 1. The van der Waals surface area contributed by atoms with Crippen molar-refractivity contribution >= 4 is 17.8 Å². The zero-order chi connectivity index (χ0) is 17.6. The molecule has 1 amide bonds. The van der Waals surface area contributed by atoms with Crippen molar-refractivity contribution in [3.63, 3.8) is 0 Å². The molecule has 0 aliphatic heterocycles. The summed E-state index contributed by atoms with van der Waals surface area (Å²) in [6.45, 7) is 1.52. The van der Waals surface area contributed by atoms with Gasteiger partial charge in [-0.15, -0.1) is 0 Å². The molecule has 0 saturated heterocycles. The number of hydrogen-bond acceptors (Lipinski definition) is 4. The normalized spacial score (nSPS) is 12.3. The van der Waals surface area contributed by atoms with Crippen LogP contribution in [0.4, 0.5) is 13.2 Å². The van der Waals surface area contributed by atoms with Gasteiger partial charge >= 0.3 is 18.1 Å². The predicted molar refractivity (Wildman–Crippen MR) is 71.6 cm³/mol. The number of carbonyl (C=O) groups excluding carboxylic acids is 2. The Morgan fingerprint density at radius 3 is 2.39 bits per heavy atom. The molecule has 0 fully saturated rings. The molecule has 0 aliphatic carbocycles. The number of nitrogens with one attached hydrogen (secondary N) is 1. The molecule has 126 valence electrons. The van der Waals surface area contributed by atoms with Gasteiger partial charge in [0.25, 0.3) is 5.91 Å². The minimum absolute atomic E-state index is 0.00995. The number of aliphatic carboxylic acids is 1. The van der Waals surface area contributed by atoms with Gasteiger partial charge in [0.15, 0.2) is 0 Å². The highest BCUT2D eigenvalue weighted by atomic mass is 19.4. The number of carboxylic acid groups (broad SMARTS) is 1. The van der Waals surface area contributed by atoms with Gasteiger partial charge in [0.1, 0.15) is 6.04 Å². The number of alkyl halides is 3. The van der Waals surface area contributed by atoms with Gasteiger partial charge in [0.2, 0.25) is 0 Å². The Hall–Kier alpha value is -2.58. The molecule has 0 aromatic heterocycles. The molecule has 0 heterocycles. The molecular weight excluding hydrogens is 319 g/mol. The second kappa shape index (κ2) is 7.61. The van der Waals surface area contributed by atoms with Gasteiger partial charge in [0, 0.05) is 0 Å². The molecular formula is C14H14F3NO5. The fourth-order valence-corrected chi connectivity index (χ4v) is 1.75. The minimum Gasteiger partial charge on any atom is -0.480 e. The highest BCUT2D eigenvalue weighted by molar-refractivity contribution is 5.98. The van der Waals surface area contributed by atoms with Crippen LogP contribution in [0.25, 0.3) is 0 Å². The van der Waals surface area contributed by atoms with Crippen molar-refractivity contribution in [2.24, 2.45) is 0 Å². The van der Waals surface area contributed by atoms with E-state index < -0.39 is 47.6 Å². The van der Waals surface area contributed by atoms with Crippen LogP contribution in [-0.4, -0.2) is 35.6 Å². The molecule has 1 aromatic carbocycles. The quantitative estimate of drug-likeness (QED) is 0.775. The largest absolute Gasteiger partial charge is 0.480 e. The van der Waals surface area contributed by atoms with Gasteiger partial charge in [-0.05, 0) is 19.1 Å². The first-order chi connectivity index (χ1) is 10.7. The third kappa shape index (κ3) is 5.28. The second-order valence-corrected chi connectivity index (χ2v) is 4.42. The lowest BCUT2D eigenvalue weighted by Crippen LogP contribution is -2.43. The summed E-state index contributed by atoms with van der Waals surface area (Å²) >= 11 is 0. The van der Waals surface area contributed by atoms with Gasteiger partial charge in [-0.1, -0.05) is 12.1 Å². The number of esters is 1. The van der Waals surface area contributed by atoms with E-state index in [0.717, 1.165) is 12.1 Å². The van der Waals surface area contributed by atoms with Crippen molar-refractivity contribution in [1.29, 1.82) is 0 Å². The van der Waals surface area contributed by atoms with Crippen LogP contribution in [0.15, 0.2) is 24.3 Å². The van der Waals surface area contributed by atoms with Gasteiger partial charge in [0.05, 0.1) is 24.2 Å². The van der Waals surface area contributed by atoms with Crippen LogP contribution in [0.3, 0.4) is 0 Å². The third-order valence-corrected chi connectivity index (χ3v) is 2.76. The van der Waals surface area contributed by atoms with Gasteiger partial charge in [-0.3, -0.25) is 9.59 Å². The average molecular weight is 333 g/mol. The molecule has 0 aliphatic rings. The molecule has 1 rings (SSSR count). The lowest BCUT2D eigenvalue weighted by molar-refractivity contribution is -0.149. The van der Waals surface area contributed by atoms with E-state index in [1.807, 2.05) is 5.32 Å². The Bertz CT molecular complexity index is 600. The van der Waals surface area contributed by atoms with E-state index in [4.69, 9.17) is 5.11 Å². The highest BCUT2D eigenvalue weighted by Gasteiger charge is 2.35. The lowest BCUT2D eigenvalue weighted by atomic mass is 10.1. The molecule has 0 bridgehead atoms. The summed E-state index contributed by atoms with van der Waals surface area (Å²) in [7, 11) is 0. The van der Waals surface area contributed by atoms with E-state index in [9.17, 15) is 27.6 Å². The van der Waals surface area contributed by atoms with Crippen LogP contribution >= 0.6 is 0 Å². The maximum absolute atomic E-state index is 12.8. The maximum Gasteiger partial charge on any atom is 0.417 e. The van der Waals surface area contributed by atoms with Crippen molar-refractivity contribution in [2.75, 3.05) is 6.61 Å². The fourth-order valence-electron chi connectivity index (χ4n) is 1.75. The Labute approximate surface area is 129 Å². The monoisotopic (exact) mass is 333 g/mol. The Balaban J connectivity index is 2.97. The highest BCUT2D eigenvalue weighted by Crippen LogP contribution is 2.31. The van der Waals surface area contributed by atoms with Gasteiger partial charge in [-0.2, -0.15) is 13.2 Å². The summed E-state index contributed by atoms with van der Waals surface area (Å²) in [4.78, 5) is 34.3. The summed E-state index contributed by atoms with van der Waals surface area (Å²) in [5.74, 6) is -3.69. The lowest BCUT2D eigenvalue weighted by Gasteiger charge is -2.16. The van der Waals surface area contributed by atoms with E-state index >= 15 is 0 Å². The first kappa shape index (κ1) is 18.5. The molecule has 1 atom stereocenters. The molecule has 0 radical (unpaired) electrons. The van der Waals surface area contributed by atoms with Crippen LogP contribution < -0.4 is 5.32 Å². The third-order valence-electron chi connectivity index (χ3n) is 2.76. The van der Waals surface area contributed by atoms with Crippen molar-refractivity contribution in [3.05, 3.63) is 35.4 Å². The van der Waals surface area contributed by atoms with Crippen LogP contribution in [0.5, 0.6) is 0 Å². The van der Waals surface area contributed by atoms with Crippen LogP contribution in [0, 0.1) is 0 Å². The number of rotatable bonds is 6. The number of hydrogen-bond donors (Lipinski definition) is 2. The molecule has 9 heteroatoms. The second-order valence-electron chi connectivity index (χ2n) is 4.42. The zero-order valence-electron chi connectivity index (χ0n) is 12.0. The van der Waals surface area contributed by atoms with Gasteiger partial charge < -0.3 is 15.2 Å². The zero-order valence-corrected chi connectivity index (χ0v) is 12.0. The topological polar surface area (TPSA) is 92.7 Å². The molecule has 0 spiro atoms. The molecule has 23 heavy (non-hydrogen) atoms. The summed E-state index contributed by atoms with van der Waals surface area (Å²) < 4.78 is 43.1. The van der Waals surface area contributed by atoms with E-state index in [2.05, 4.69) is 4.74 Å². The standard InChI is InChI=1S/C14H14F3NO5/c1-2-23-11(19)7-10(13(21)22)18-12(20)8-5-3-4-6-9(8)14(15,16)17/h3-6,10H,2,7H2,1H3,(H,18,20)(H,21,22)/t10-/m0/s1. The number of benzene rings is 1. The van der Waals surface area contributed by atoms with Crippen molar-refractivity contribution in [1.82, 2.24) is 5.32 Å². The number of amides is 1. The van der Waals surface area contributed by atoms with E-state index in [-0.39, 0.29) is 6.61 Å². The first-order valence-corrected chi connectivity index (χ1v) is 6.52. The molecule has 1 aromatic rings. The van der Waals surface area contributed by atoms with Crippen molar-refractivity contribution in [2.45, 2.75) is 25.6 Å². The smallest absolute Gasteiger partial charge is 0.417 e. The Morgan fingerprint density at radius 1 is 1.26 bits per heavy atom. The van der Waals surface area contributed by atoms with Gasteiger partial charge in [-0.25, -0.2) is 4.79 Å². The van der Waals surface area contributed by atoms with Crippen molar-refractivity contribution in [3.8, 4) is 0 Å². The summed E-state index contributed by atoms with van der Waals surface area (Å²) in [6, 6.07) is 2.25. The van der Waals surface area contributed by atoms with E-state index in [0.29, 0.717) is 6.07 Å². The molecule has 0 unspecified atom stereocenters. The fraction of sp³-hybridized carbons (Fsp3) is 0.357. The SMILES string of the molecule is CCOC(=O)C[C@H](NC(=O)c1ccccc1C(F)(F)F)C(=O)O. The summed E-state index contributed by atoms with van der Waals surface area (Å²) in [5.41, 5.74) is -1.92. The number of carboxylic acids is 1. The number of carbonyl (C=O) groups is 3. The van der Waals surface area contributed by atoms with Crippen molar-refractivity contribution < 1.29 is 37.4 Å². The van der Waals surface area contributed by atoms with Crippen LogP contribution in [0.1, 0.15) is 29.3 Å². The van der Waals surface area contributed by atoms with Crippen LogP contribution in [-0.2, 0) is 20.5 Å². The summed E-state index contributed by atoms with van der Waals surface area (Å²) in [6.07, 6.45) is -5.46. The molecule has 2 N–H and O–H groups in total. The number of halogens is 3. The maximum atomic E-state index is 12.8. The minimum atomic E-state index is -4.77. The Morgan fingerprint density at radius 2 is 1.87 bits per heavy atom. The molecule has 6 nitrogen and oxygen atoms in total. The predicted octanol–water partition coefficient (Wildman–Crippen LogP) is 1.84. The molecule has 0 saturated carbocycles. The van der Waals surface area contributed by atoms with Crippen LogP contribution in [0.2, 0.25) is 0 Å². The Kier molecular flexibility index (Phi) is 6.11.